The zero-order chi connectivity index (χ0) is 16.5. The van der Waals surface area contributed by atoms with Crippen LogP contribution < -0.4 is 10.9 Å². The maximum Gasteiger partial charge on any atom is 0.277 e. The van der Waals surface area contributed by atoms with E-state index in [2.05, 4.69) is 11.9 Å². The summed E-state index contributed by atoms with van der Waals surface area (Å²) in [7, 11) is 3.96. The van der Waals surface area contributed by atoms with Crippen LogP contribution >= 0.6 is 0 Å². The quantitative estimate of drug-likeness (QED) is 0.724. The zero-order valence-electron chi connectivity index (χ0n) is 13.5. The molecule has 0 bridgehead atoms. The molecular formula is C17H25N3O2. The van der Waals surface area contributed by atoms with E-state index in [-0.39, 0.29) is 11.4 Å². The van der Waals surface area contributed by atoms with Gasteiger partial charge in [-0.05, 0) is 45.6 Å². The fraction of sp³-hybridized carbons (Fsp3) is 0.353. The van der Waals surface area contributed by atoms with Crippen molar-refractivity contribution in [2.75, 3.05) is 26.0 Å². The molecule has 1 aromatic rings. The summed E-state index contributed by atoms with van der Waals surface area (Å²) in [6.07, 6.45) is 9.54. The number of nitrogens with zero attached hydrogens (tertiary/aromatic N) is 2. The summed E-state index contributed by atoms with van der Waals surface area (Å²) >= 11 is 0. The fourth-order valence-corrected chi connectivity index (χ4v) is 2.02. The molecule has 0 amide bonds. The predicted molar refractivity (Wildman–Crippen MR) is 92.4 cm³/mol. The second kappa shape index (κ2) is 8.89. The number of nitrogens with one attached hydrogen (secondary N) is 1. The molecule has 22 heavy (non-hydrogen) atoms. The highest BCUT2D eigenvalue weighted by atomic mass is 16.3. The molecule has 0 fully saturated rings. The van der Waals surface area contributed by atoms with E-state index in [1.807, 2.05) is 25.1 Å². The lowest BCUT2D eigenvalue weighted by molar-refractivity contribution is 0.362. The Balaban J connectivity index is 2.93. The number of allylic oxidation sites excluding steroid dienone is 4. The molecule has 1 aromatic heterocycles. The monoisotopic (exact) mass is 303 g/mol. The Bertz CT molecular complexity index is 613. The maximum absolute atomic E-state index is 12.5. The number of aryl methyl sites for hydroxylation is 1. The van der Waals surface area contributed by atoms with Gasteiger partial charge in [-0.15, -0.1) is 0 Å². The molecule has 0 spiro atoms. The second-order valence-corrected chi connectivity index (χ2v) is 5.30. The first-order valence-corrected chi connectivity index (χ1v) is 7.26. The van der Waals surface area contributed by atoms with Crippen LogP contribution in [0.15, 0.2) is 47.9 Å². The van der Waals surface area contributed by atoms with Gasteiger partial charge in [-0.3, -0.25) is 9.36 Å². The first kappa shape index (κ1) is 17.8. The Kier molecular flexibility index (Phi) is 7.19. The number of hydrogen-bond donors (Lipinski definition) is 2. The summed E-state index contributed by atoms with van der Waals surface area (Å²) in [4.78, 5) is 14.5. The lowest BCUT2D eigenvalue weighted by Gasteiger charge is -2.14. The predicted octanol–water partition coefficient (Wildman–Crippen LogP) is 2.48. The number of anilines is 1. The van der Waals surface area contributed by atoms with Crippen molar-refractivity contribution < 1.29 is 5.11 Å². The highest BCUT2D eigenvalue weighted by Crippen LogP contribution is 2.16. The molecule has 0 saturated carbocycles. The van der Waals surface area contributed by atoms with Crippen LogP contribution in [-0.4, -0.2) is 35.2 Å². The van der Waals surface area contributed by atoms with Crippen molar-refractivity contribution in [2.24, 2.45) is 0 Å². The van der Waals surface area contributed by atoms with Gasteiger partial charge in [0.15, 0.2) is 5.88 Å². The van der Waals surface area contributed by atoms with Crippen LogP contribution in [0, 0.1) is 6.92 Å². The van der Waals surface area contributed by atoms with Gasteiger partial charge in [0, 0.05) is 18.8 Å². The van der Waals surface area contributed by atoms with Crippen molar-refractivity contribution >= 4 is 5.69 Å². The molecule has 1 heterocycles. The third kappa shape index (κ3) is 5.26. The van der Waals surface area contributed by atoms with E-state index < -0.39 is 0 Å². The van der Waals surface area contributed by atoms with Gasteiger partial charge in [0.25, 0.3) is 5.56 Å². The molecule has 0 unspecified atom stereocenters. The summed E-state index contributed by atoms with van der Waals surface area (Å²) in [6, 6.07) is 1.60. The van der Waals surface area contributed by atoms with Crippen LogP contribution in [0.2, 0.25) is 0 Å². The smallest absolute Gasteiger partial charge is 0.277 e. The van der Waals surface area contributed by atoms with Crippen molar-refractivity contribution in [2.45, 2.75) is 19.9 Å². The molecule has 120 valence electrons. The number of pyridine rings is 1. The van der Waals surface area contributed by atoms with E-state index in [0.29, 0.717) is 17.8 Å². The Labute approximate surface area is 131 Å². The molecule has 5 nitrogen and oxygen atoms in total. The molecular weight excluding hydrogens is 278 g/mol. The topological polar surface area (TPSA) is 57.5 Å². The van der Waals surface area contributed by atoms with Crippen LogP contribution in [0.5, 0.6) is 5.88 Å². The molecule has 0 aromatic carbocycles. The summed E-state index contributed by atoms with van der Waals surface area (Å²) in [5, 5.41) is 13.0. The first-order chi connectivity index (χ1) is 10.5. The number of aromatic nitrogens is 1. The van der Waals surface area contributed by atoms with Gasteiger partial charge in [-0.2, -0.15) is 0 Å². The molecule has 0 radical (unpaired) electrons. The normalized spacial score (nSPS) is 11.6. The second-order valence-electron chi connectivity index (χ2n) is 5.30. The Morgan fingerprint density at radius 3 is 2.73 bits per heavy atom. The minimum Gasteiger partial charge on any atom is -0.494 e. The van der Waals surface area contributed by atoms with E-state index in [1.54, 1.807) is 37.4 Å². The van der Waals surface area contributed by atoms with Gasteiger partial charge in [0.2, 0.25) is 0 Å². The average molecular weight is 303 g/mol. The van der Waals surface area contributed by atoms with Crippen LogP contribution in [0.3, 0.4) is 0 Å². The van der Waals surface area contributed by atoms with Gasteiger partial charge in [0.1, 0.15) is 5.69 Å². The highest BCUT2D eigenvalue weighted by Gasteiger charge is 2.10. The molecule has 0 aliphatic rings. The van der Waals surface area contributed by atoms with Gasteiger partial charge in [-0.25, -0.2) is 0 Å². The zero-order valence-corrected chi connectivity index (χ0v) is 13.5. The molecule has 1 rings (SSSR count). The van der Waals surface area contributed by atoms with Crippen molar-refractivity contribution in [1.82, 2.24) is 9.47 Å². The summed E-state index contributed by atoms with van der Waals surface area (Å²) in [5.41, 5.74) is 0.975. The van der Waals surface area contributed by atoms with Crippen molar-refractivity contribution in [3.8, 4) is 5.88 Å². The van der Waals surface area contributed by atoms with Crippen LogP contribution in [0.25, 0.3) is 0 Å². The van der Waals surface area contributed by atoms with Gasteiger partial charge < -0.3 is 15.3 Å². The number of aromatic hydroxyl groups is 1. The van der Waals surface area contributed by atoms with E-state index in [1.165, 1.54) is 4.57 Å². The van der Waals surface area contributed by atoms with Gasteiger partial charge in [-0.1, -0.05) is 24.8 Å². The maximum atomic E-state index is 12.5. The molecule has 0 saturated heterocycles. The minimum atomic E-state index is -0.214. The standard InChI is InChI=1S/C17H25N3O2/c1-5-6-7-8-10-18-16-14(2)13-15(21)20(17(16)22)12-9-11-19(3)4/h5-8,10,13,18,21H,1,9,11-12H2,2-4H3/b7-6-,10-8-. The van der Waals surface area contributed by atoms with Gasteiger partial charge >= 0.3 is 0 Å². The Hall–Kier alpha value is -2.27. The van der Waals surface area contributed by atoms with Crippen LogP contribution in [-0.2, 0) is 6.54 Å². The SMILES string of the molecule is C=C/C=C\C=C/Nc1c(C)cc(O)n(CCCN(C)C)c1=O. The molecule has 0 aliphatic heterocycles. The van der Waals surface area contributed by atoms with E-state index >= 15 is 0 Å². The number of hydrogen-bond acceptors (Lipinski definition) is 4. The van der Waals surface area contributed by atoms with E-state index in [0.717, 1.165) is 13.0 Å². The van der Waals surface area contributed by atoms with Crippen molar-refractivity contribution in [3.05, 3.63) is 59.1 Å². The highest BCUT2D eigenvalue weighted by molar-refractivity contribution is 5.52. The summed E-state index contributed by atoms with van der Waals surface area (Å²) in [5.74, 6) is 0.00217. The van der Waals surface area contributed by atoms with Crippen LogP contribution in [0.1, 0.15) is 12.0 Å². The number of rotatable bonds is 8. The van der Waals surface area contributed by atoms with Crippen molar-refractivity contribution in [1.29, 1.82) is 0 Å². The van der Waals surface area contributed by atoms with Gasteiger partial charge in [0.05, 0.1) is 0 Å². The summed E-state index contributed by atoms with van der Waals surface area (Å²) in [6.45, 7) is 6.71. The summed E-state index contributed by atoms with van der Waals surface area (Å²) < 4.78 is 1.40. The molecule has 0 atom stereocenters. The Morgan fingerprint density at radius 2 is 2.09 bits per heavy atom. The molecule has 5 heteroatoms. The Morgan fingerprint density at radius 1 is 1.36 bits per heavy atom. The van der Waals surface area contributed by atoms with E-state index in [4.69, 9.17) is 0 Å². The lowest BCUT2D eigenvalue weighted by atomic mass is 10.2. The third-order valence-electron chi connectivity index (χ3n) is 3.14. The minimum absolute atomic E-state index is 0.00217. The largest absolute Gasteiger partial charge is 0.494 e. The molecule has 2 N–H and O–H groups in total. The van der Waals surface area contributed by atoms with Crippen LogP contribution in [0.4, 0.5) is 5.69 Å². The fourth-order valence-electron chi connectivity index (χ4n) is 2.02. The third-order valence-corrected chi connectivity index (χ3v) is 3.14. The average Bonchev–Trinajstić information content (AvgIpc) is 2.45. The first-order valence-electron chi connectivity index (χ1n) is 7.26. The van der Waals surface area contributed by atoms with Crippen molar-refractivity contribution in [3.63, 3.8) is 0 Å². The lowest BCUT2D eigenvalue weighted by Crippen LogP contribution is -2.25. The van der Waals surface area contributed by atoms with E-state index in [9.17, 15) is 9.90 Å². The molecule has 0 aliphatic carbocycles.